The highest BCUT2D eigenvalue weighted by Crippen LogP contribution is 2.32. The SMILES string of the molecule is Cc1[nH]c2ccccc2c1C(=O)[C@@H](C)Sc1nnc(C(F)(F)F)n1C. The molecule has 0 unspecified atom stereocenters. The lowest BCUT2D eigenvalue weighted by atomic mass is 10.1. The number of nitrogens with one attached hydrogen (secondary N) is 1. The van der Waals surface area contributed by atoms with E-state index in [1.54, 1.807) is 13.8 Å². The molecule has 1 atom stereocenters. The largest absolute Gasteiger partial charge is 0.451 e. The Morgan fingerprint density at radius 3 is 2.60 bits per heavy atom. The van der Waals surface area contributed by atoms with Crippen molar-refractivity contribution in [2.24, 2.45) is 7.05 Å². The lowest BCUT2D eigenvalue weighted by molar-refractivity contribution is -0.147. The molecule has 5 nitrogen and oxygen atoms in total. The molecule has 0 aliphatic heterocycles. The Morgan fingerprint density at radius 2 is 1.96 bits per heavy atom. The van der Waals surface area contributed by atoms with Crippen molar-refractivity contribution in [3.63, 3.8) is 0 Å². The number of hydrogen-bond acceptors (Lipinski definition) is 4. The molecule has 0 aliphatic rings. The number of hydrogen-bond donors (Lipinski definition) is 1. The van der Waals surface area contributed by atoms with Crippen LogP contribution in [-0.4, -0.2) is 30.8 Å². The lowest BCUT2D eigenvalue weighted by Gasteiger charge is -2.11. The topological polar surface area (TPSA) is 63.6 Å². The smallest absolute Gasteiger partial charge is 0.358 e. The molecule has 0 fully saturated rings. The van der Waals surface area contributed by atoms with E-state index in [1.165, 1.54) is 7.05 Å². The summed E-state index contributed by atoms with van der Waals surface area (Å²) in [4.78, 5) is 16.0. The van der Waals surface area contributed by atoms with Crippen molar-refractivity contribution in [3.8, 4) is 0 Å². The summed E-state index contributed by atoms with van der Waals surface area (Å²) in [5.41, 5.74) is 2.12. The molecule has 1 aromatic carbocycles. The number of carbonyl (C=O) groups excluding carboxylic acids is 1. The Balaban J connectivity index is 1.89. The van der Waals surface area contributed by atoms with Crippen LogP contribution in [0.25, 0.3) is 10.9 Å². The van der Waals surface area contributed by atoms with Gasteiger partial charge >= 0.3 is 6.18 Å². The number of aryl methyl sites for hydroxylation is 1. The molecular weight excluding hydrogens is 353 g/mol. The molecule has 0 saturated carbocycles. The molecule has 0 aliphatic carbocycles. The minimum atomic E-state index is -4.58. The van der Waals surface area contributed by atoms with E-state index in [9.17, 15) is 18.0 Å². The summed E-state index contributed by atoms with van der Waals surface area (Å²) in [5, 5.41) is 6.98. The second-order valence-electron chi connectivity index (χ2n) is 5.66. The first-order chi connectivity index (χ1) is 11.7. The molecule has 3 rings (SSSR count). The van der Waals surface area contributed by atoms with Crippen molar-refractivity contribution in [1.82, 2.24) is 19.7 Å². The van der Waals surface area contributed by atoms with Crippen LogP contribution in [0.4, 0.5) is 13.2 Å². The van der Waals surface area contributed by atoms with Gasteiger partial charge in [-0.05, 0) is 19.9 Å². The predicted octanol–water partition coefficient (Wildman–Crippen LogP) is 3.99. The van der Waals surface area contributed by atoms with Gasteiger partial charge in [0.05, 0.1) is 5.25 Å². The van der Waals surface area contributed by atoms with Crippen LogP contribution < -0.4 is 0 Å². The summed E-state index contributed by atoms with van der Waals surface area (Å²) in [6.45, 7) is 3.45. The Bertz CT molecular complexity index is 945. The molecule has 1 N–H and O–H groups in total. The van der Waals surface area contributed by atoms with Crippen molar-refractivity contribution in [2.75, 3.05) is 0 Å². The average molecular weight is 368 g/mol. The highest BCUT2D eigenvalue weighted by atomic mass is 32.2. The summed E-state index contributed by atoms with van der Waals surface area (Å²) < 4.78 is 39.3. The molecule has 2 aromatic heterocycles. The zero-order valence-corrected chi connectivity index (χ0v) is 14.5. The van der Waals surface area contributed by atoms with E-state index >= 15 is 0 Å². The maximum absolute atomic E-state index is 12.8. The summed E-state index contributed by atoms with van der Waals surface area (Å²) in [7, 11) is 1.24. The average Bonchev–Trinajstić information content (AvgIpc) is 3.06. The molecule has 0 radical (unpaired) electrons. The second-order valence-corrected chi connectivity index (χ2v) is 6.97. The van der Waals surface area contributed by atoms with E-state index in [2.05, 4.69) is 15.2 Å². The molecule has 132 valence electrons. The number of H-pyrrole nitrogens is 1. The monoisotopic (exact) mass is 368 g/mol. The molecule has 0 spiro atoms. The minimum absolute atomic E-state index is 0.0469. The summed E-state index contributed by atoms with van der Waals surface area (Å²) in [6, 6.07) is 7.41. The van der Waals surface area contributed by atoms with E-state index in [0.29, 0.717) is 5.56 Å². The number of carbonyl (C=O) groups is 1. The molecule has 9 heteroatoms. The van der Waals surface area contributed by atoms with E-state index in [-0.39, 0.29) is 10.9 Å². The summed E-state index contributed by atoms with van der Waals surface area (Å²) in [5.74, 6) is -1.26. The number of fused-ring (bicyclic) bond motifs is 1. The van der Waals surface area contributed by atoms with Gasteiger partial charge in [-0.25, -0.2) is 0 Å². The number of rotatable bonds is 4. The van der Waals surface area contributed by atoms with Crippen LogP contribution in [-0.2, 0) is 13.2 Å². The maximum Gasteiger partial charge on any atom is 0.451 e. The van der Waals surface area contributed by atoms with Gasteiger partial charge in [-0.15, -0.1) is 10.2 Å². The van der Waals surface area contributed by atoms with Crippen molar-refractivity contribution in [1.29, 1.82) is 0 Å². The quantitative estimate of drug-likeness (QED) is 0.559. The van der Waals surface area contributed by atoms with Crippen LogP contribution >= 0.6 is 11.8 Å². The molecular formula is C16H15F3N4OS. The fourth-order valence-electron chi connectivity index (χ4n) is 2.67. The van der Waals surface area contributed by atoms with Crippen LogP contribution in [0.3, 0.4) is 0 Å². The number of thioether (sulfide) groups is 1. The number of ketones is 1. The Morgan fingerprint density at radius 1 is 1.28 bits per heavy atom. The molecule has 3 aromatic rings. The molecule has 0 saturated heterocycles. The van der Waals surface area contributed by atoms with Gasteiger partial charge in [0.15, 0.2) is 10.9 Å². The Kier molecular flexibility index (Phi) is 4.36. The Labute approximate surface area is 145 Å². The van der Waals surface area contributed by atoms with E-state index in [1.807, 2.05) is 24.3 Å². The third-order valence-corrected chi connectivity index (χ3v) is 5.01. The number of benzene rings is 1. The second kappa shape index (κ2) is 6.21. The molecule has 2 heterocycles. The highest BCUT2D eigenvalue weighted by molar-refractivity contribution is 8.00. The van der Waals surface area contributed by atoms with Crippen LogP contribution in [0.1, 0.15) is 28.8 Å². The van der Waals surface area contributed by atoms with Crippen molar-refractivity contribution >= 4 is 28.4 Å². The number of para-hydroxylation sites is 1. The predicted molar refractivity (Wildman–Crippen MR) is 88.7 cm³/mol. The van der Waals surface area contributed by atoms with Crippen LogP contribution in [0.15, 0.2) is 29.4 Å². The zero-order chi connectivity index (χ0) is 18.4. The number of aromatic amines is 1. The van der Waals surface area contributed by atoms with Gasteiger partial charge in [0.25, 0.3) is 0 Å². The van der Waals surface area contributed by atoms with Gasteiger partial charge in [0.2, 0.25) is 5.82 Å². The summed E-state index contributed by atoms with van der Waals surface area (Å²) >= 11 is 0.957. The van der Waals surface area contributed by atoms with Crippen LogP contribution in [0, 0.1) is 6.92 Å². The van der Waals surface area contributed by atoms with Gasteiger partial charge in [0.1, 0.15) is 0 Å². The fourth-order valence-corrected chi connectivity index (χ4v) is 3.55. The van der Waals surface area contributed by atoms with Crippen molar-refractivity contribution in [2.45, 2.75) is 30.4 Å². The lowest BCUT2D eigenvalue weighted by Crippen LogP contribution is -2.16. The standard InChI is InChI=1S/C16H15F3N4OS/c1-8-12(10-6-4-5-7-11(10)20-8)13(24)9(2)25-15-22-21-14(23(15)3)16(17,18)19/h4-7,9,20H,1-3H3/t9-/m1/s1. The first-order valence-electron chi connectivity index (χ1n) is 7.45. The first kappa shape index (κ1) is 17.5. The Hall–Kier alpha value is -2.29. The normalized spacial score (nSPS) is 13.4. The van der Waals surface area contributed by atoms with Gasteiger partial charge in [-0.3, -0.25) is 4.79 Å². The highest BCUT2D eigenvalue weighted by Gasteiger charge is 2.38. The number of halogens is 3. The molecule has 0 bridgehead atoms. The number of Topliss-reactive ketones (excluding diaryl/α,β-unsaturated/α-hetero) is 1. The minimum Gasteiger partial charge on any atom is -0.358 e. The number of alkyl halides is 3. The third kappa shape index (κ3) is 3.15. The fraction of sp³-hybridized carbons (Fsp3) is 0.312. The zero-order valence-electron chi connectivity index (χ0n) is 13.7. The van der Waals surface area contributed by atoms with Crippen molar-refractivity contribution in [3.05, 3.63) is 41.3 Å². The molecule has 25 heavy (non-hydrogen) atoms. The van der Waals surface area contributed by atoms with Gasteiger partial charge in [0, 0.05) is 29.2 Å². The van der Waals surface area contributed by atoms with Gasteiger partial charge in [-0.1, -0.05) is 30.0 Å². The van der Waals surface area contributed by atoms with E-state index < -0.39 is 17.3 Å². The number of nitrogens with zero attached hydrogens (tertiary/aromatic N) is 3. The van der Waals surface area contributed by atoms with Crippen LogP contribution in [0.2, 0.25) is 0 Å². The van der Waals surface area contributed by atoms with Gasteiger partial charge < -0.3 is 9.55 Å². The van der Waals surface area contributed by atoms with E-state index in [4.69, 9.17) is 0 Å². The summed E-state index contributed by atoms with van der Waals surface area (Å²) in [6.07, 6.45) is -4.58. The maximum atomic E-state index is 12.8. The first-order valence-corrected chi connectivity index (χ1v) is 8.33. The van der Waals surface area contributed by atoms with E-state index in [0.717, 1.165) is 32.9 Å². The van der Waals surface area contributed by atoms with Gasteiger partial charge in [-0.2, -0.15) is 13.2 Å². The third-order valence-electron chi connectivity index (χ3n) is 3.88. The van der Waals surface area contributed by atoms with Crippen molar-refractivity contribution < 1.29 is 18.0 Å². The number of aromatic nitrogens is 4. The molecule has 0 amide bonds. The van der Waals surface area contributed by atoms with Crippen LogP contribution in [0.5, 0.6) is 0 Å².